The third kappa shape index (κ3) is 5.49. The van der Waals surface area contributed by atoms with Gasteiger partial charge < -0.3 is 19.7 Å². The van der Waals surface area contributed by atoms with E-state index < -0.39 is 6.10 Å². The lowest BCUT2D eigenvalue weighted by atomic mass is 9.87. The van der Waals surface area contributed by atoms with Gasteiger partial charge in [-0.2, -0.15) is 0 Å². The van der Waals surface area contributed by atoms with Crippen LogP contribution >= 0.6 is 0 Å². The van der Waals surface area contributed by atoms with Crippen molar-refractivity contribution in [2.24, 2.45) is 0 Å². The lowest BCUT2D eigenvalue weighted by molar-refractivity contribution is 0.0972. The molecule has 1 unspecified atom stereocenters. The third-order valence-electron chi connectivity index (χ3n) is 3.34. The van der Waals surface area contributed by atoms with Crippen LogP contribution < -0.4 is 9.47 Å². The Labute approximate surface area is 137 Å². The summed E-state index contributed by atoms with van der Waals surface area (Å²) in [6.07, 6.45) is -0.855. The molecule has 2 aromatic carbocycles. The van der Waals surface area contributed by atoms with Gasteiger partial charge in [0.25, 0.3) is 0 Å². The van der Waals surface area contributed by atoms with Gasteiger partial charge in [-0.15, -0.1) is 0 Å². The second-order valence-electron chi connectivity index (χ2n) is 6.40. The molecule has 0 aliphatic carbocycles. The normalized spacial score (nSPS) is 12.7. The molecule has 23 heavy (non-hydrogen) atoms. The van der Waals surface area contributed by atoms with Crippen LogP contribution in [-0.2, 0) is 5.41 Å². The molecule has 4 heteroatoms. The Bertz CT molecular complexity index is 597. The molecule has 1 radical (unpaired) electrons. The molecule has 0 fully saturated rings. The summed E-state index contributed by atoms with van der Waals surface area (Å²) in [7, 11) is 0. The monoisotopic (exact) mass is 315 g/mol. The first kappa shape index (κ1) is 17.2. The van der Waals surface area contributed by atoms with E-state index in [1.165, 1.54) is 24.3 Å². The SMILES string of the molecule is CC(C)(C)c1ccc(OCC(O)[CH]Oc2ccc(O)cc2)cc1. The van der Waals surface area contributed by atoms with Crippen molar-refractivity contribution in [3.05, 3.63) is 60.7 Å². The Kier molecular flexibility index (Phi) is 5.50. The minimum absolute atomic E-state index is 0.101. The molecule has 0 amide bonds. The first-order valence-corrected chi connectivity index (χ1v) is 7.55. The molecule has 0 bridgehead atoms. The quantitative estimate of drug-likeness (QED) is 0.854. The number of benzene rings is 2. The van der Waals surface area contributed by atoms with Gasteiger partial charge in [-0.1, -0.05) is 32.9 Å². The average Bonchev–Trinajstić information content (AvgIpc) is 2.52. The number of aliphatic hydroxyl groups excluding tert-OH is 1. The standard InChI is InChI=1S/C19H23O4/c1-19(2,3)14-4-8-17(9-5-14)22-12-16(21)13-23-18-10-6-15(20)7-11-18/h4-11,13,16,20-21H,12H2,1-3H3. The van der Waals surface area contributed by atoms with Crippen molar-refractivity contribution in [3.63, 3.8) is 0 Å². The van der Waals surface area contributed by atoms with Crippen LogP contribution in [0.4, 0.5) is 0 Å². The molecule has 0 aliphatic rings. The highest BCUT2D eigenvalue weighted by molar-refractivity contribution is 5.31. The van der Waals surface area contributed by atoms with E-state index in [1.54, 1.807) is 12.1 Å². The van der Waals surface area contributed by atoms with E-state index in [-0.39, 0.29) is 17.8 Å². The van der Waals surface area contributed by atoms with Gasteiger partial charge >= 0.3 is 0 Å². The van der Waals surface area contributed by atoms with E-state index in [1.807, 2.05) is 24.3 Å². The summed E-state index contributed by atoms with van der Waals surface area (Å²) in [5.74, 6) is 1.41. The minimum atomic E-state index is -0.855. The van der Waals surface area contributed by atoms with Crippen LogP contribution in [0.1, 0.15) is 26.3 Å². The zero-order valence-corrected chi connectivity index (χ0v) is 13.7. The summed E-state index contributed by atoms with van der Waals surface area (Å²) < 4.78 is 10.9. The summed E-state index contributed by atoms with van der Waals surface area (Å²) in [6.45, 7) is 7.87. The minimum Gasteiger partial charge on any atom is -0.508 e. The highest BCUT2D eigenvalue weighted by Crippen LogP contribution is 2.24. The first-order chi connectivity index (χ1) is 10.8. The van der Waals surface area contributed by atoms with Gasteiger partial charge in [0.05, 0.1) is 0 Å². The fraction of sp³-hybridized carbons (Fsp3) is 0.316. The number of hydrogen-bond donors (Lipinski definition) is 2. The van der Waals surface area contributed by atoms with E-state index >= 15 is 0 Å². The topological polar surface area (TPSA) is 58.9 Å². The second-order valence-corrected chi connectivity index (χ2v) is 6.40. The van der Waals surface area contributed by atoms with Crippen LogP contribution in [0.15, 0.2) is 48.5 Å². The van der Waals surface area contributed by atoms with Gasteiger partial charge in [0.15, 0.2) is 6.61 Å². The predicted molar refractivity (Wildman–Crippen MR) is 89.7 cm³/mol. The van der Waals surface area contributed by atoms with Crippen molar-refractivity contribution in [2.75, 3.05) is 6.61 Å². The summed E-state index contributed by atoms with van der Waals surface area (Å²) in [4.78, 5) is 0. The predicted octanol–water partition coefficient (Wildman–Crippen LogP) is 3.67. The van der Waals surface area contributed by atoms with E-state index in [0.29, 0.717) is 11.5 Å². The number of phenols is 1. The van der Waals surface area contributed by atoms with E-state index in [4.69, 9.17) is 9.47 Å². The Morgan fingerprint density at radius 2 is 1.52 bits per heavy atom. The Morgan fingerprint density at radius 3 is 2.09 bits per heavy atom. The molecule has 4 nitrogen and oxygen atoms in total. The highest BCUT2D eigenvalue weighted by atomic mass is 16.5. The molecule has 2 aromatic rings. The van der Waals surface area contributed by atoms with Crippen molar-refractivity contribution >= 4 is 0 Å². The molecule has 0 saturated heterocycles. The summed E-state index contributed by atoms with van der Waals surface area (Å²) in [5, 5.41) is 19.0. The Balaban J connectivity index is 1.77. The van der Waals surface area contributed by atoms with Crippen LogP contribution in [0.25, 0.3) is 0 Å². The molecule has 2 rings (SSSR count). The molecule has 0 aromatic heterocycles. The van der Waals surface area contributed by atoms with Crippen LogP contribution in [0.3, 0.4) is 0 Å². The second kappa shape index (κ2) is 7.38. The maximum atomic E-state index is 9.86. The van der Waals surface area contributed by atoms with Gasteiger partial charge in [0.2, 0.25) is 0 Å². The maximum Gasteiger partial charge on any atom is 0.167 e. The van der Waals surface area contributed by atoms with E-state index in [9.17, 15) is 10.2 Å². The van der Waals surface area contributed by atoms with Crippen molar-refractivity contribution in [1.29, 1.82) is 0 Å². The van der Waals surface area contributed by atoms with Crippen molar-refractivity contribution in [3.8, 4) is 17.2 Å². The smallest absolute Gasteiger partial charge is 0.167 e. The van der Waals surface area contributed by atoms with Gasteiger partial charge in [0, 0.05) is 0 Å². The van der Waals surface area contributed by atoms with Gasteiger partial charge in [-0.25, -0.2) is 0 Å². The van der Waals surface area contributed by atoms with Crippen LogP contribution in [0, 0.1) is 6.61 Å². The molecule has 123 valence electrons. The molecular formula is C19H23O4. The van der Waals surface area contributed by atoms with Crippen molar-refractivity contribution in [2.45, 2.75) is 32.3 Å². The van der Waals surface area contributed by atoms with Crippen LogP contribution in [0.5, 0.6) is 17.2 Å². The first-order valence-electron chi connectivity index (χ1n) is 7.55. The fourth-order valence-corrected chi connectivity index (χ4v) is 1.95. The number of aromatic hydroxyl groups is 1. The van der Waals surface area contributed by atoms with E-state index in [2.05, 4.69) is 20.8 Å². The largest absolute Gasteiger partial charge is 0.508 e. The van der Waals surface area contributed by atoms with Gasteiger partial charge in [0.1, 0.15) is 30.0 Å². The highest BCUT2D eigenvalue weighted by Gasteiger charge is 2.13. The van der Waals surface area contributed by atoms with Crippen LogP contribution in [0.2, 0.25) is 0 Å². The molecule has 0 spiro atoms. The number of ether oxygens (including phenoxy) is 2. The Morgan fingerprint density at radius 1 is 0.957 bits per heavy atom. The zero-order chi connectivity index (χ0) is 16.9. The van der Waals surface area contributed by atoms with Crippen molar-refractivity contribution < 1.29 is 19.7 Å². The molecule has 2 N–H and O–H groups in total. The number of aliphatic hydroxyl groups is 1. The lowest BCUT2D eigenvalue weighted by Gasteiger charge is -2.19. The average molecular weight is 315 g/mol. The van der Waals surface area contributed by atoms with E-state index in [0.717, 1.165) is 0 Å². The van der Waals surface area contributed by atoms with Gasteiger partial charge in [-0.3, -0.25) is 0 Å². The maximum absolute atomic E-state index is 9.86. The number of rotatable bonds is 6. The van der Waals surface area contributed by atoms with Crippen LogP contribution in [-0.4, -0.2) is 22.9 Å². The zero-order valence-electron chi connectivity index (χ0n) is 13.7. The van der Waals surface area contributed by atoms with Crippen molar-refractivity contribution in [1.82, 2.24) is 0 Å². The summed E-state index contributed by atoms with van der Waals surface area (Å²) in [5.41, 5.74) is 1.33. The summed E-state index contributed by atoms with van der Waals surface area (Å²) in [6, 6.07) is 14.1. The Hall–Kier alpha value is -2.20. The molecule has 1 atom stereocenters. The molecular weight excluding hydrogens is 292 g/mol. The summed E-state index contributed by atoms with van der Waals surface area (Å²) >= 11 is 0. The molecule has 0 saturated carbocycles. The molecule has 0 heterocycles. The fourth-order valence-electron chi connectivity index (χ4n) is 1.95. The molecule has 0 aliphatic heterocycles. The van der Waals surface area contributed by atoms with Gasteiger partial charge in [-0.05, 0) is 47.4 Å². The third-order valence-corrected chi connectivity index (χ3v) is 3.34. The number of phenolic OH excluding ortho intramolecular Hbond substituents is 1. The lowest BCUT2D eigenvalue weighted by Crippen LogP contribution is -2.20. The number of hydrogen-bond acceptors (Lipinski definition) is 4.